The quantitative estimate of drug-likeness (QED) is 0.476. The maximum atomic E-state index is 13.5. The molecule has 0 aromatic heterocycles. The van der Waals surface area contributed by atoms with E-state index in [9.17, 15) is 36.3 Å². The van der Waals surface area contributed by atoms with Crippen LogP contribution in [0, 0.1) is 5.92 Å². The lowest BCUT2D eigenvalue weighted by molar-refractivity contribution is -0.142. The van der Waals surface area contributed by atoms with Crippen LogP contribution >= 0.6 is 0 Å². The van der Waals surface area contributed by atoms with Gasteiger partial charge in [-0.25, -0.2) is 8.42 Å². The lowest BCUT2D eigenvalue weighted by Gasteiger charge is -2.38. The Morgan fingerprint density at radius 2 is 1.90 bits per heavy atom. The molecular weight excluding hydrogens is 539 g/mol. The van der Waals surface area contributed by atoms with Gasteiger partial charge in [-0.2, -0.15) is 17.5 Å². The summed E-state index contributed by atoms with van der Waals surface area (Å²) in [4.78, 5) is 27.1. The number of benzene rings is 2. The summed E-state index contributed by atoms with van der Waals surface area (Å²) >= 11 is 0. The van der Waals surface area contributed by atoms with Crippen LogP contribution in [-0.4, -0.2) is 79.6 Å². The molecule has 0 saturated heterocycles. The van der Waals surface area contributed by atoms with E-state index in [1.165, 1.54) is 46.6 Å². The SMILES string of the molecule is C[C@@H]1CN([C@@H](C)CO)C(=O)c2cc(NC(=O)CCC(F)(F)F)ccc2O[C@H]1CN(C)S(=O)(=O)c1ccccc1. The monoisotopic (exact) mass is 571 g/mol. The number of hydrogen-bond donors (Lipinski definition) is 2. The highest BCUT2D eigenvalue weighted by atomic mass is 32.2. The fraction of sp³-hybridized carbons (Fsp3) is 0.462. The summed E-state index contributed by atoms with van der Waals surface area (Å²) in [7, 11) is -2.41. The van der Waals surface area contributed by atoms with Crippen molar-refractivity contribution in [3.63, 3.8) is 0 Å². The summed E-state index contributed by atoms with van der Waals surface area (Å²) in [5.41, 5.74) is 0.123. The molecule has 3 atom stereocenters. The topological polar surface area (TPSA) is 116 Å². The third-order valence-corrected chi connectivity index (χ3v) is 8.31. The van der Waals surface area contributed by atoms with Crippen molar-refractivity contribution in [2.75, 3.05) is 32.1 Å². The number of aliphatic hydroxyl groups is 1. The van der Waals surface area contributed by atoms with Gasteiger partial charge in [-0.15, -0.1) is 0 Å². The zero-order valence-electron chi connectivity index (χ0n) is 21.8. The molecule has 39 heavy (non-hydrogen) atoms. The molecule has 0 bridgehead atoms. The molecule has 214 valence electrons. The van der Waals surface area contributed by atoms with Gasteiger partial charge < -0.3 is 20.1 Å². The smallest absolute Gasteiger partial charge is 0.389 e. The third kappa shape index (κ3) is 7.70. The molecule has 0 radical (unpaired) electrons. The number of carbonyl (C=O) groups excluding carboxylic acids is 2. The molecule has 2 N–H and O–H groups in total. The van der Waals surface area contributed by atoms with Crippen molar-refractivity contribution in [1.29, 1.82) is 0 Å². The Morgan fingerprint density at radius 1 is 1.23 bits per heavy atom. The van der Waals surface area contributed by atoms with Crippen molar-refractivity contribution >= 4 is 27.5 Å². The molecule has 2 aromatic carbocycles. The Balaban J connectivity index is 1.91. The van der Waals surface area contributed by atoms with Gasteiger partial charge in [0.15, 0.2) is 0 Å². The second kappa shape index (κ2) is 12.3. The predicted molar refractivity (Wildman–Crippen MR) is 138 cm³/mol. The van der Waals surface area contributed by atoms with Crippen molar-refractivity contribution < 1.29 is 41.0 Å². The molecule has 0 fully saturated rings. The maximum absolute atomic E-state index is 13.5. The lowest BCUT2D eigenvalue weighted by atomic mass is 9.99. The number of nitrogens with one attached hydrogen (secondary N) is 1. The van der Waals surface area contributed by atoms with Gasteiger partial charge in [-0.05, 0) is 37.3 Å². The molecule has 0 spiro atoms. The van der Waals surface area contributed by atoms with Gasteiger partial charge in [0.25, 0.3) is 5.91 Å². The highest BCUT2D eigenvalue weighted by molar-refractivity contribution is 7.89. The number of sulfonamides is 1. The summed E-state index contributed by atoms with van der Waals surface area (Å²) in [6.45, 7) is 3.19. The van der Waals surface area contributed by atoms with E-state index in [4.69, 9.17) is 4.74 Å². The maximum Gasteiger partial charge on any atom is 0.389 e. The molecular formula is C26H32F3N3O6S. The van der Waals surface area contributed by atoms with Crippen LogP contribution in [0.5, 0.6) is 5.75 Å². The second-order valence-electron chi connectivity index (χ2n) is 9.60. The Labute approximate surface area is 225 Å². The van der Waals surface area contributed by atoms with Crippen molar-refractivity contribution in [2.24, 2.45) is 5.92 Å². The Kier molecular flexibility index (Phi) is 9.62. The van der Waals surface area contributed by atoms with Gasteiger partial charge in [-0.1, -0.05) is 25.1 Å². The number of carbonyl (C=O) groups is 2. The normalized spacial score (nSPS) is 19.1. The average Bonchev–Trinajstić information content (AvgIpc) is 2.89. The molecule has 1 aliphatic rings. The number of likely N-dealkylation sites (N-methyl/N-ethyl adjacent to an activating group) is 1. The number of amides is 2. The summed E-state index contributed by atoms with van der Waals surface area (Å²) in [5, 5.41) is 12.1. The average molecular weight is 572 g/mol. The van der Waals surface area contributed by atoms with Gasteiger partial charge in [0.05, 0.1) is 36.1 Å². The van der Waals surface area contributed by atoms with Gasteiger partial charge in [0, 0.05) is 31.6 Å². The number of anilines is 1. The van der Waals surface area contributed by atoms with E-state index in [1.54, 1.807) is 32.0 Å². The van der Waals surface area contributed by atoms with Crippen LogP contribution < -0.4 is 10.1 Å². The Hall–Kier alpha value is -3.16. The summed E-state index contributed by atoms with van der Waals surface area (Å²) in [5.74, 6) is -1.61. The van der Waals surface area contributed by atoms with E-state index in [2.05, 4.69) is 5.32 Å². The van der Waals surface area contributed by atoms with Crippen LogP contribution in [0.1, 0.15) is 37.0 Å². The van der Waals surface area contributed by atoms with Crippen LogP contribution in [0.15, 0.2) is 53.4 Å². The van der Waals surface area contributed by atoms with Crippen molar-refractivity contribution in [3.05, 3.63) is 54.1 Å². The standard InChI is InChI=1S/C26H32F3N3O6S/c1-17-14-32(18(2)16-33)25(35)21-13-19(30-24(34)11-12-26(27,28)29)9-10-22(21)38-23(17)15-31(3)39(36,37)20-7-5-4-6-8-20/h4-10,13,17-18,23,33H,11-12,14-16H2,1-3H3,(H,30,34)/t17-,18+,23+/m1/s1. The van der Waals surface area contributed by atoms with Gasteiger partial charge in [0.1, 0.15) is 11.9 Å². The minimum atomic E-state index is -4.49. The first kappa shape index (κ1) is 30.4. The highest BCUT2D eigenvalue weighted by Gasteiger charge is 2.35. The largest absolute Gasteiger partial charge is 0.488 e. The first-order valence-corrected chi connectivity index (χ1v) is 13.8. The Morgan fingerprint density at radius 3 is 2.51 bits per heavy atom. The molecule has 9 nitrogen and oxygen atoms in total. The number of nitrogens with zero attached hydrogens (tertiary/aromatic N) is 2. The van der Waals surface area contributed by atoms with E-state index in [0.29, 0.717) is 0 Å². The van der Waals surface area contributed by atoms with Crippen molar-refractivity contribution in [1.82, 2.24) is 9.21 Å². The first-order valence-electron chi connectivity index (χ1n) is 12.3. The number of ether oxygens (including phenoxy) is 1. The van der Waals surface area contributed by atoms with Crippen molar-refractivity contribution in [2.45, 2.75) is 49.9 Å². The van der Waals surface area contributed by atoms with Crippen LogP contribution in [0.4, 0.5) is 18.9 Å². The van der Waals surface area contributed by atoms with Crippen LogP contribution in [0.2, 0.25) is 0 Å². The fourth-order valence-corrected chi connectivity index (χ4v) is 5.33. The van der Waals surface area contributed by atoms with Crippen LogP contribution in [-0.2, 0) is 14.8 Å². The number of hydrogen-bond acceptors (Lipinski definition) is 6. The number of alkyl halides is 3. The van der Waals surface area contributed by atoms with E-state index in [0.717, 1.165) is 0 Å². The highest BCUT2D eigenvalue weighted by Crippen LogP contribution is 2.31. The molecule has 2 aromatic rings. The summed E-state index contributed by atoms with van der Waals surface area (Å²) < 4.78 is 71.0. The lowest BCUT2D eigenvalue weighted by Crippen LogP contribution is -2.50. The van der Waals surface area contributed by atoms with Gasteiger partial charge >= 0.3 is 6.18 Å². The predicted octanol–water partition coefficient (Wildman–Crippen LogP) is 3.51. The van der Waals surface area contributed by atoms with Crippen LogP contribution in [0.25, 0.3) is 0 Å². The van der Waals surface area contributed by atoms with E-state index in [-0.39, 0.29) is 47.5 Å². The van der Waals surface area contributed by atoms with E-state index < -0.39 is 53.0 Å². The second-order valence-corrected chi connectivity index (χ2v) is 11.6. The molecule has 0 saturated carbocycles. The number of halogens is 3. The molecule has 1 heterocycles. The minimum absolute atomic E-state index is 0.0226. The zero-order chi connectivity index (χ0) is 29.0. The van der Waals surface area contributed by atoms with Gasteiger partial charge in [-0.3, -0.25) is 9.59 Å². The molecule has 3 rings (SSSR count). The molecule has 2 amide bonds. The zero-order valence-corrected chi connectivity index (χ0v) is 22.6. The van der Waals surface area contributed by atoms with E-state index in [1.807, 2.05) is 0 Å². The molecule has 0 unspecified atom stereocenters. The van der Waals surface area contributed by atoms with E-state index >= 15 is 0 Å². The van der Waals surface area contributed by atoms with Crippen molar-refractivity contribution in [3.8, 4) is 5.75 Å². The fourth-order valence-electron chi connectivity index (χ4n) is 4.12. The summed E-state index contributed by atoms with van der Waals surface area (Å²) in [6, 6.07) is 11.4. The third-order valence-electron chi connectivity index (χ3n) is 6.47. The molecule has 13 heteroatoms. The number of aliphatic hydroxyl groups excluding tert-OH is 1. The Bertz CT molecular complexity index is 1270. The number of fused-ring (bicyclic) bond motifs is 1. The van der Waals surface area contributed by atoms with Crippen LogP contribution in [0.3, 0.4) is 0 Å². The van der Waals surface area contributed by atoms with Gasteiger partial charge in [0.2, 0.25) is 15.9 Å². The molecule has 1 aliphatic heterocycles. The number of rotatable bonds is 9. The summed E-state index contributed by atoms with van der Waals surface area (Å²) in [6.07, 6.45) is -7.26. The minimum Gasteiger partial charge on any atom is -0.488 e. The first-order chi connectivity index (χ1) is 18.2. The molecule has 0 aliphatic carbocycles.